The lowest BCUT2D eigenvalue weighted by atomic mass is 10.6. The van der Waals surface area contributed by atoms with Crippen LogP contribution in [0.4, 0.5) is 5.69 Å². The van der Waals surface area contributed by atoms with Crippen molar-refractivity contribution in [3.05, 3.63) is 12.0 Å². The molecule has 0 saturated heterocycles. The zero-order chi connectivity index (χ0) is 10.1. The normalized spacial score (nSPS) is 10.7. The molecule has 0 radical (unpaired) electrons. The smallest absolute Gasteiger partial charge is 0.214 e. The second kappa shape index (κ2) is 3.33. The Bertz CT molecular complexity index is 445. The van der Waals surface area contributed by atoms with Gasteiger partial charge in [0.05, 0.1) is 5.69 Å². The molecule has 3 N–H and O–H groups in total. The van der Waals surface area contributed by atoms with E-state index in [1.807, 2.05) is 14.0 Å². The average molecular weight is 210 g/mol. The number of nitrogens with zero attached hydrogens (tertiary/aromatic N) is 4. The minimum Gasteiger partial charge on any atom is -0.395 e. The third-order valence-electron chi connectivity index (χ3n) is 1.59. The number of nitrogen functional groups attached to an aromatic ring is 1. The van der Waals surface area contributed by atoms with Gasteiger partial charge in [-0.15, -0.1) is 5.10 Å². The van der Waals surface area contributed by atoms with Crippen LogP contribution < -0.4 is 5.73 Å². The van der Waals surface area contributed by atoms with Crippen LogP contribution >= 0.6 is 11.8 Å². The molecule has 0 aliphatic carbocycles. The van der Waals surface area contributed by atoms with Crippen molar-refractivity contribution >= 4 is 17.4 Å². The van der Waals surface area contributed by atoms with E-state index in [4.69, 9.17) is 5.73 Å². The molecule has 0 unspecified atom stereocenters. The predicted octanol–water partition coefficient (Wildman–Crippen LogP) is 0.580. The van der Waals surface area contributed by atoms with Gasteiger partial charge in [-0.1, -0.05) is 0 Å². The van der Waals surface area contributed by atoms with Crippen molar-refractivity contribution in [2.24, 2.45) is 7.05 Å². The van der Waals surface area contributed by atoms with Crippen molar-refractivity contribution in [3.8, 4) is 0 Å². The molecule has 74 valence electrons. The van der Waals surface area contributed by atoms with Crippen LogP contribution in [0, 0.1) is 6.92 Å². The van der Waals surface area contributed by atoms with Gasteiger partial charge < -0.3 is 5.73 Å². The first-order chi connectivity index (χ1) is 6.65. The van der Waals surface area contributed by atoms with Crippen molar-refractivity contribution in [2.75, 3.05) is 5.73 Å². The highest BCUT2D eigenvalue weighted by Gasteiger charge is 2.09. The molecular formula is C7H10N6S. The van der Waals surface area contributed by atoms with E-state index in [1.54, 1.807) is 10.9 Å². The summed E-state index contributed by atoms with van der Waals surface area (Å²) in [6.45, 7) is 1.85. The summed E-state index contributed by atoms with van der Waals surface area (Å²) < 4.78 is 1.66. The largest absolute Gasteiger partial charge is 0.395 e. The fourth-order valence-corrected chi connectivity index (χ4v) is 1.81. The van der Waals surface area contributed by atoms with Gasteiger partial charge in [0.1, 0.15) is 10.9 Å². The summed E-state index contributed by atoms with van der Waals surface area (Å²) in [4.78, 5) is 4.15. The van der Waals surface area contributed by atoms with Crippen LogP contribution in [-0.4, -0.2) is 25.0 Å². The van der Waals surface area contributed by atoms with Gasteiger partial charge in [-0.25, -0.2) is 4.98 Å². The molecule has 0 fully saturated rings. The summed E-state index contributed by atoms with van der Waals surface area (Å²) in [7, 11) is 1.82. The molecule has 7 heteroatoms. The van der Waals surface area contributed by atoms with Crippen LogP contribution in [0.25, 0.3) is 0 Å². The van der Waals surface area contributed by atoms with E-state index >= 15 is 0 Å². The highest BCUT2D eigenvalue weighted by Crippen LogP contribution is 2.27. The van der Waals surface area contributed by atoms with Gasteiger partial charge in [-0.05, 0) is 18.7 Å². The van der Waals surface area contributed by atoms with E-state index < -0.39 is 0 Å². The summed E-state index contributed by atoms with van der Waals surface area (Å²) in [5.74, 6) is 0.780. The van der Waals surface area contributed by atoms with Gasteiger partial charge in [0.15, 0.2) is 0 Å². The van der Waals surface area contributed by atoms with Crippen LogP contribution in [0.15, 0.2) is 16.4 Å². The number of aromatic nitrogens is 5. The van der Waals surface area contributed by atoms with Crippen molar-refractivity contribution in [3.63, 3.8) is 0 Å². The van der Waals surface area contributed by atoms with Gasteiger partial charge in [-0.2, -0.15) is 5.10 Å². The second-order valence-corrected chi connectivity index (χ2v) is 3.82. The van der Waals surface area contributed by atoms with Gasteiger partial charge >= 0.3 is 0 Å². The summed E-state index contributed by atoms with van der Waals surface area (Å²) >= 11 is 1.35. The van der Waals surface area contributed by atoms with Gasteiger partial charge in [-0.3, -0.25) is 9.78 Å². The molecule has 0 aliphatic rings. The number of nitrogens with one attached hydrogen (secondary N) is 1. The van der Waals surface area contributed by atoms with E-state index in [-0.39, 0.29) is 0 Å². The number of aryl methyl sites for hydroxylation is 2. The lowest BCUT2D eigenvalue weighted by Gasteiger charge is -1.90. The van der Waals surface area contributed by atoms with Gasteiger partial charge in [0.2, 0.25) is 5.16 Å². The van der Waals surface area contributed by atoms with Crippen molar-refractivity contribution in [2.45, 2.75) is 17.1 Å². The Kier molecular flexibility index (Phi) is 2.16. The number of nitrogens with two attached hydrogens (primary N) is 1. The lowest BCUT2D eigenvalue weighted by molar-refractivity contribution is 0.737. The van der Waals surface area contributed by atoms with Crippen LogP contribution in [0.1, 0.15) is 5.82 Å². The number of aromatic amines is 1. The molecule has 2 aromatic rings. The van der Waals surface area contributed by atoms with Crippen molar-refractivity contribution < 1.29 is 0 Å². The van der Waals surface area contributed by atoms with E-state index in [9.17, 15) is 0 Å². The summed E-state index contributed by atoms with van der Waals surface area (Å²) in [6, 6.07) is 0. The fourth-order valence-electron chi connectivity index (χ4n) is 1.02. The number of rotatable bonds is 2. The Hall–Kier alpha value is -1.50. The number of hydrogen-bond acceptors (Lipinski definition) is 5. The molecule has 2 heterocycles. The Morgan fingerprint density at radius 2 is 2.36 bits per heavy atom. The maximum atomic E-state index is 5.73. The summed E-state index contributed by atoms with van der Waals surface area (Å²) in [6.07, 6.45) is 1.75. The minimum absolute atomic E-state index is 0.632. The fraction of sp³-hybridized carbons (Fsp3) is 0.286. The third kappa shape index (κ3) is 1.72. The molecule has 0 aliphatic heterocycles. The number of H-pyrrole nitrogens is 1. The molecule has 0 amide bonds. The quantitative estimate of drug-likeness (QED) is 0.757. The lowest BCUT2D eigenvalue weighted by Crippen LogP contribution is -1.87. The Labute approximate surface area is 84.9 Å². The molecule has 2 rings (SSSR count). The van der Waals surface area contributed by atoms with E-state index in [0.717, 1.165) is 10.9 Å². The van der Waals surface area contributed by atoms with Gasteiger partial charge in [0, 0.05) is 13.2 Å². The Balaban J connectivity index is 2.22. The Morgan fingerprint density at radius 3 is 2.86 bits per heavy atom. The maximum Gasteiger partial charge on any atom is 0.214 e. The highest BCUT2D eigenvalue weighted by molar-refractivity contribution is 7.99. The van der Waals surface area contributed by atoms with Gasteiger partial charge in [0.25, 0.3) is 0 Å². The van der Waals surface area contributed by atoms with Crippen molar-refractivity contribution in [1.82, 2.24) is 25.0 Å². The molecule has 0 spiro atoms. The second-order valence-electron chi connectivity index (χ2n) is 2.87. The SMILES string of the molecule is Cc1nc(Sc2nn(C)cc2N)n[nH]1. The number of anilines is 1. The zero-order valence-corrected chi connectivity index (χ0v) is 8.67. The summed E-state index contributed by atoms with van der Waals surface area (Å²) in [5, 5.41) is 12.3. The predicted molar refractivity (Wildman–Crippen MR) is 52.9 cm³/mol. The monoisotopic (exact) mass is 210 g/mol. The topological polar surface area (TPSA) is 85.4 Å². The first-order valence-electron chi connectivity index (χ1n) is 4.01. The number of hydrogen-bond donors (Lipinski definition) is 2. The molecule has 0 saturated carbocycles. The first kappa shape index (κ1) is 9.07. The third-order valence-corrected chi connectivity index (χ3v) is 2.46. The van der Waals surface area contributed by atoms with Crippen LogP contribution in [0.3, 0.4) is 0 Å². The van der Waals surface area contributed by atoms with Crippen LogP contribution in [0.5, 0.6) is 0 Å². The molecule has 0 aromatic carbocycles. The standard InChI is InChI=1S/C7H10N6S/c1-4-9-7(11-10-4)14-6-5(8)3-13(2)12-6/h3H,8H2,1-2H3,(H,9,10,11). The molecule has 0 atom stereocenters. The zero-order valence-electron chi connectivity index (χ0n) is 7.85. The van der Waals surface area contributed by atoms with E-state index in [0.29, 0.717) is 10.8 Å². The molecular weight excluding hydrogens is 200 g/mol. The molecule has 14 heavy (non-hydrogen) atoms. The van der Waals surface area contributed by atoms with E-state index in [2.05, 4.69) is 20.3 Å². The molecule has 0 bridgehead atoms. The molecule has 2 aromatic heterocycles. The van der Waals surface area contributed by atoms with Crippen LogP contribution in [0.2, 0.25) is 0 Å². The highest BCUT2D eigenvalue weighted by atomic mass is 32.2. The van der Waals surface area contributed by atoms with E-state index in [1.165, 1.54) is 11.8 Å². The minimum atomic E-state index is 0.632. The van der Waals surface area contributed by atoms with Crippen molar-refractivity contribution in [1.29, 1.82) is 0 Å². The summed E-state index contributed by atoms with van der Waals surface area (Å²) in [5.41, 5.74) is 6.36. The van der Waals surface area contributed by atoms with Crippen LogP contribution in [-0.2, 0) is 7.05 Å². The average Bonchev–Trinajstić information content (AvgIpc) is 2.61. The molecule has 6 nitrogen and oxygen atoms in total. The first-order valence-corrected chi connectivity index (χ1v) is 4.83. The maximum absolute atomic E-state index is 5.73. The Morgan fingerprint density at radius 1 is 1.57 bits per heavy atom.